The van der Waals surface area contributed by atoms with E-state index in [0.29, 0.717) is 0 Å². The molecule has 0 aliphatic heterocycles. The number of carbonyl (C=O) groups is 2. The van der Waals surface area contributed by atoms with E-state index < -0.39 is 35.0 Å². The molecule has 24 heavy (non-hydrogen) atoms. The lowest BCUT2D eigenvalue weighted by atomic mass is 9.96. The van der Waals surface area contributed by atoms with Crippen LogP contribution in [0.3, 0.4) is 0 Å². The van der Waals surface area contributed by atoms with E-state index in [1.54, 1.807) is 0 Å². The molecule has 0 radical (unpaired) electrons. The molecule has 1 aromatic rings. The van der Waals surface area contributed by atoms with Gasteiger partial charge in [0.1, 0.15) is 5.82 Å². The molecule has 1 aliphatic rings. The minimum atomic E-state index is -0.776. The SMILES string of the molecule is O=C(COc1cc(F)ccc1[N+](=O)[O-])NC(=O)NC1CCCCC1. The lowest BCUT2D eigenvalue weighted by molar-refractivity contribution is -0.385. The Morgan fingerprint density at radius 1 is 1.29 bits per heavy atom. The molecule has 1 aromatic carbocycles. The van der Waals surface area contributed by atoms with Crippen LogP contribution in [-0.2, 0) is 4.79 Å². The maximum absolute atomic E-state index is 13.1. The van der Waals surface area contributed by atoms with Crippen LogP contribution in [0.2, 0.25) is 0 Å². The summed E-state index contributed by atoms with van der Waals surface area (Å²) in [5.74, 6) is -1.88. The van der Waals surface area contributed by atoms with E-state index in [1.165, 1.54) is 0 Å². The van der Waals surface area contributed by atoms with E-state index >= 15 is 0 Å². The first-order chi connectivity index (χ1) is 11.5. The molecule has 9 heteroatoms. The number of rotatable bonds is 5. The Hall–Kier alpha value is -2.71. The highest BCUT2D eigenvalue weighted by atomic mass is 19.1. The lowest BCUT2D eigenvalue weighted by Crippen LogP contribution is -2.46. The normalized spacial score (nSPS) is 14.7. The molecular formula is C15H18FN3O5. The van der Waals surface area contributed by atoms with E-state index in [4.69, 9.17) is 4.74 Å². The van der Waals surface area contributed by atoms with Crippen molar-refractivity contribution in [3.05, 3.63) is 34.1 Å². The first-order valence-corrected chi connectivity index (χ1v) is 7.63. The maximum Gasteiger partial charge on any atom is 0.321 e. The molecule has 0 atom stereocenters. The summed E-state index contributed by atoms with van der Waals surface area (Å²) >= 11 is 0. The van der Waals surface area contributed by atoms with Crippen LogP contribution in [0.4, 0.5) is 14.9 Å². The van der Waals surface area contributed by atoms with Gasteiger partial charge >= 0.3 is 11.7 Å². The maximum atomic E-state index is 13.1. The summed E-state index contributed by atoms with van der Waals surface area (Å²) < 4.78 is 18.1. The average Bonchev–Trinajstić information content (AvgIpc) is 2.53. The van der Waals surface area contributed by atoms with Crippen LogP contribution >= 0.6 is 0 Å². The molecule has 2 rings (SSSR count). The first kappa shape index (κ1) is 17.6. The van der Waals surface area contributed by atoms with E-state index in [9.17, 15) is 24.1 Å². The second kappa shape index (κ2) is 8.23. The first-order valence-electron chi connectivity index (χ1n) is 7.63. The molecule has 8 nitrogen and oxygen atoms in total. The zero-order chi connectivity index (χ0) is 17.5. The number of urea groups is 1. The summed E-state index contributed by atoms with van der Waals surface area (Å²) in [6, 6.07) is 2.08. The van der Waals surface area contributed by atoms with Gasteiger partial charge in [0.15, 0.2) is 6.61 Å². The molecule has 0 unspecified atom stereocenters. The zero-order valence-electron chi connectivity index (χ0n) is 12.9. The summed E-state index contributed by atoms with van der Waals surface area (Å²) in [6.45, 7) is -0.637. The molecule has 130 valence electrons. The Bertz CT molecular complexity index is 632. The van der Waals surface area contributed by atoms with Crippen molar-refractivity contribution in [3.8, 4) is 5.75 Å². The second-order valence-corrected chi connectivity index (χ2v) is 5.51. The molecule has 1 aliphatic carbocycles. The fourth-order valence-electron chi connectivity index (χ4n) is 2.53. The molecule has 0 saturated heterocycles. The Labute approximate surface area is 137 Å². The van der Waals surface area contributed by atoms with Gasteiger partial charge in [0.25, 0.3) is 5.91 Å². The highest BCUT2D eigenvalue weighted by Gasteiger charge is 2.19. The molecule has 0 spiro atoms. The summed E-state index contributed by atoms with van der Waals surface area (Å²) in [7, 11) is 0. The number of imide groups is 1. The Morgan fingerprint density at radius 3 is 2.67 bits per heavy atom. The van der Waals surface area contributed by atoms with Gasteiger partial charge in [0, 0.05) is 18.2 Å². The highest BCUT2D eigenvalue weighted by molar-refractivity contribution is 5.95. The molecular weight excluding hydrogens is 321 g/mol. The fraction of sp³-hybridized carbons (Fsp3) is 0.467. The Kier molecular flexibility index (Phi) is 6.05. The quantitative estimate of drug-likeness (QED) is 0.631. The number of ether oxygens (including phenoxy) is 1. The summed E-state index contributed by atoms with van der Waals surface area (Å²) in [4.78, 5) is 33.4. The van der Waals surface area contributed by atoms with Crippen LogP contribution in [-0.4, -0.2) is 29.5 Å². The minimum absolute atomic E-state index is 0.0387. The van der Waals surface area contributed by atoms with Crippen molar-refractivity contribution in [2.24, 2.45) is 0 Å². The minimum Gasteiger partial charge on any atom is -0.477 e. The number of nitro benzene ring substituents is 1. The summed E-state index contributed by atoms with van der Waals surface area (Å²) in [5, 5.41) is 15.6. The Balaban J connectivity index is 1.83. The van der Waals surface area contributed by atoms with Gasteiger partial charge in [-0.15, -0.1) is 0 Å². The zero-order valence-corrected chi connectivity index (χ0v) is 12.9. The van der Waals surface area contributed by atoms with Crippen LogP contribution in [0.15, 0.2) is 18.2 Å². The molecule has 0 bridgehead atoms. The predicted molar refractivity (Wildman–Crippen MR) is 82.1 cm³/mol. The molecule has 1 fully saturated rings. The summed E-state index contributed by atoms with van der Waals surface area (Å²) in [5.41, 5.74) is -0.462. The predicted octanol–water partition coefficient (Wildman–Crippen LogP) is 2.27. The van der Waals surface area contributed by atoms with Crippen molar-refractivity contribution in [2.45, 2.75) is 38.1 Å². The fourth-order valence-corrected chi connectivity index (χ4v) is 2.53. The van der Waals surface area contributed by atoms with E-state index in [1.807, 2.05) is 0 Å². The third-order valence-corrected chi connectivity index (χ3v) is 3.67. The highest BCUT2D eigenvalue weighted by Crippen LogP contribution is 2.27. The van der Waals surface area contributed by atoms with Gasteiger partial charge in [-0.2, -0.15) is 0 Å². The van der Waals surface area contributed by atoms with Gasteiger partial charge in [-0.25, -0.2) is 9.18 Å². The molecule has 1 saturated carbocycles. The van der Waals surface area contributed by atoms with Crippen LogP contribution in [0.5, 0.6) is 5.75 Å². The number of carbonyl (C=O) groups excluding carboxylic acids is 2. The van der Waals surface area contributed by atoms with Gasteiger partial charge in [-0.1, -0.05) is 19.3 Å². The number of hydrogen-bond donors (Lipinski definition) is 2. The topological polar surface area (TPSA) is 111 Å². The van der Waals surface area contributed by atoms with Gasteiger partial charge < -0.3 is 10.1 Å². The van der Waals surface area contributed by atoms with Crippen molar-refractivity contribution >= 4 is 17.6 Å². The third-order valence-electron chi connectivity index (χ3n) is 3.67. The Morgan fingerprint density at radius 2 is 2.00 bits per heavy atom. The monoisotopic (exact) mass is 339 g/mol. The van der Waals surface area contributed by atoms with Gasteiger partial charge in [-0.3, -0.25) is 20.2 Å². The van der Waals surface area contributed by atoms with Gasteiger partial charge in [0.2, 0.25) is 5.75 Å². The van der Waals surface area contributed by atoms with Gasteiger partial charge in [0.05, 0.1) is 4.92 Å². The van der Waals surface area contributed by atoms with Crippen LogP contribution in [0.1, 0.15) is 32.1 Å². The largest absolute Gasteiger partial charge is 0.477 e. The van der Waals surface area contributed by atoms with Crippen LogP contribution in [0.25, 0.3) is 0 Å². The number of hydrogen-bond acceptors (Lipinski definition) is 5. The van der Waals surface area contributed by atoms with Crippen molar-refractivity contribution in [3.63, 3.8) is 0 Å². The number of nitrogens with zero attached hydrogens (tertiary/aromatic N) is 1. The molecule has 2 N–H and O–H groups in total. The summed E-state index contributed by atoms with van der Waals surface area (Å²) in [6.07, 6.45) is 4.94. The van der Waals surface area contributed by atoms with Crippen molar-refractivity contribution in [2.75, 3.05) is 6.61 Å². The van der Waals surface area contributed by atoms with E-state index in [-0.39, 0.29) is 11.8 Å². The van der Waals surface area contributed by atoms with Gasteiger partial charge in [-0.05, 0) is 18.9 Å². The third kappa shape index (κ3) is 5.18. The average molecular weight is 339 g/mol. The number of benzene rings is 1. The standard InChI is InChI=1S/C15H18FN3O5/c16-10-6-7-12(19(22)23)13(8-10)24-9-14(20)18-15(21)17-11-4-2-1-3-5-11/h6-8,11H,1-5,9H2,(H2,17,18,20,21). The van der Waals surface area contributed by atoms with Crippen molar-refractivity contribution in [1.29, 1.82) is 0 Å². The molecule has 0 aromatic heterocycles. The molecule has 3 amide bonds. The number of nitrogens with one attached hydrogen (secondary N) is 2. The van der Waals surface area contributed by atoms with E-state index in [2.05, 4.69) is 10.6 Å². The molecule has 0 heterocycles. The number of amides is 3. The number of halogens is 1. The smallest absolute Gasteiger partial charge is 0.321 e. The van der Waals surface area contributed by atoms with E-state index in [0.717, 1.165) is 50.3 Å². The van der Waals surface area contributed by atoms with Crippen molar-refractivity contribution in [1.82, 2.24) is 10.6 Å². The number of nitro groups is 1. The lowest BCUT2D eigenvalue weighted by Gasteiger charge is -2.22. The van der Waals surface area contributed by atoms with Crippen molar-refractivity contribution < 1.29 is 23.6 Å². The second-order valence-electron chi connectivity index (χ2n) is 5.51. The van der Waals surface area contributed by atoms with Crippen LogP contribution in [0, 0.1) is 15.9 Å². The van der Waals surface area contributed by atoms with Crippen LogP contribution < -0.4 is 15.4 Å².